The van der Waals surface area contributed by atoms with Crippen LogP contribution in [0.3, 0.4) is 0 Å². The number of nitrogen functional groups attached to an aromatic ring is 1. The summed E-state index contributed by atoms with van der Waals surface area (Å²) >= 11 is 1.18. The van der Waals surface area contributed by atoms with Crippen LogP contribution in [0.4, 0.5) is 5.82 Å². The van der Waals surface area contributed by atoms with Crippen molar-refractivity contribution in [3.05, 3.63) is 23.9 Å². The molecule has 1 rings (SSSR count). The summed E-state index contributed by atoms with van der Waals surface area (Å²) < 4.78 is 0. The molecule has 1 aromatic rings. The second-order valence-corrected chi connectivity index (χ2v) is 3.67. The van der Waals surface area contributed by atoms with Crippen LogP contribution in [0.1, 0.15) is 12.5 Å². The van der Waals surface area contributed by atoms with Crippen molar-refractivity contribution < 1.29 is 4.79 Å². The summed E-state index contributed by atoms with van der Waals surface area (Å²) in [6.07, 6.45) is 1.62. The highest BCUT2D eigenvalue weighted by molar-refractivity contribution is 8.13. The minimum Gasteiger partial charge on any atom is -0.383 e. The quantitative estimate of drug-likeness (QED) is 0.703. The van der Waals surface area contributed by atoms with Gasteiger partial charge in [0.15, 0.2) is 5.12 Å². The van der Waals surface area contributed by atoms with Crippen LogP contribution in [0.2, 0.25) is 0 Å². The van der Waals surface area contributed by atoms with E-state index in [2.05, 4.69) is 16.8 Å². The lowest BCUT2D eigenvalue weighted by Gasteiger charge is -1.93. The fourth-order valence-electron chi connectivity index (χ4n) is 0.792. The third-order valence-electron chi connectivity index (χ3n) is 1.41. The van der Waals surface area contributed by atoms with Crippen LogP contribution < -0.4 is 5.73 Å². The van der Waals surface area contributed by atoms with Gasteiger partial charge in [-0.25, -0.2) is 4.98 Å². The first kappa shape index (κ1) is 10.6. The van der Waals surface area contributed by atoms with Crippen molar-refractivity contribution in [3.8, 4) is 11.8 Å². The van der Waals surface area contributed by atoms with Crippen LogP contribution in [0.5, 0.6) is 0 Å². The SMILES string of the molecule is CC(=O)SCC#Cc1cccnc1N. The summed E-state index contributed by atoms with van der Waals surface area (Å²) in [7, 11) is 0. The molecular weight excluding hydrogens is 196 g/mol. The van der Waals surface area contributed by atoms with Gasteiger partial charge in [-0.1, -0.05) is 23.6 Å². The Morgan fingerprint density at radius 1 is 1.71 bits per heavy atom. The maximum Gasteiger partial charge on any atom is 0.186 e. The highest BCUT2D eigenvalue weighted by Crippen LogP contribution is 2.04. The van der Waals surface area contributed by atoms with Crippen molar-refractivity contribution in [3.63, 3.8) is 0 Å². The van der Waals surface area contributed by atoms with Crippen molar-refractivity contribution in [1.29, 1.82) is 0 Å². The van der Waals surface area contributed by atoms with Crippen LogP contribution in [0.25, 0.3) is 0 Å². The molecule has 0 bridgehead atoms. The monoisotopic (exact) mass is 206 g/mol. The zero-order chi connectivity index (χ0) is 10.4. The van der Waals surface area contributed by atoms with Crippen molar-refractivity contribution >= 4 is 22.7 Å². The Morgan fingerprint density at radius 3 is 3.14 bits per heavy atom. The normalized spacial score (nSPS) is 8.93. The number of aromatic nitrogens is 1. The van der Waals surface area contributed by atoms with E-state index in [9.17, 15) is 4.79 Å². The number of thioether (sulfide) groups is 1. The molecule has 0 saturated heterocycles. The smallest absolute Gasteiger partial charge is 0.186 e. The van der Waals surface area contributed by atoms with E-state index in [1.807, 2.05) is 0 Å². The third kappa shape index (κ3) is 3.50. The van der Waals surface area contributed by atoms with Gasteiger partial charge in [0.25, 0.3) is 0 Å². The van der Waals surface area contributed by atoms with Crippen molar-refractivity contribution in [2.24, 2.45) is 0 Å². The summed E-state index contributed by atoms with van der Waals surface area (Å²) in [6, 6.07) is 3.58. The molecule has 2 N–H and O–H groups in total. The minimum atomic E-state index is 0.0680. The van der Waals surface area contributed by atoms with E-state index in [0.29, 0.717) is 17.1 Å². The fourth-order valence-corrected chi connectivity index (χ4v) is 1.14. The number of carbonyl (C=O) groups excluding carboxylic acids is 1. The number of anilines is 1. The second kappa shape index (κ2) is 5.30. The Hall–Kier alpha value is -1.47. The summed E-state index contributed by atoms with van der Waals surface area (Å²) in [5.41, 5.74) is 6.28. The van der Waals surface area contributed by atoms with Crippen molar-refractivity contribution in [2.45, 2.75) is 6.92 Å². The molecule has 0 aliphatic carbocycles. The molecule has 0 radical (unpaired) electrons. The zero-order valence-corrected chi connectivity index (χ0v) is 8.60. The maximum atomic E-state index is 10.6. The van der Waals surface area contributed by atoms with E-state index < -0.39 is 0 Å². The van der Waals surface area contributed by atoms with Gasteiger partial charge < -0.3 is 5.73 Å². The van der Waals surface area contributed by atoms with Crippen LogP contribution >= 0.6 is 11.8 Å². The van der Waals surface area contributed by atoms with Crippen LogP contribution in [0, 0.1) is 11.8 Å². The molecule has 0 atom stereocenters. The molecule has 0 saturated carbocycles. The molecule has 0 aromatic carbocycles. The number of rotatable bonds is 1. The van der Waals surface area contributed by atoms with Gasteiger partial charge in [-0.05, 0) is 12.1 Å². The van der Waals surface area contributed by atoms with E-state index in [0.717, 1.165) is 0 Å². The topological polar surface area (TPSA) is 56.0 Å². The number of hydrogen-bond donors (Lipinski definition) is 1. The molecule has 1 aromatic heterocycles. The van der Waals surface area contributed by atoms with Crippen molar-refractivity contribution in [2.75, 3.05) is 11.5 Å². The molecule has 3 nitrogen and oxygen atoms in total. The molecule has 0 unspecified atom stereocenters. The standard InChI is InChI=1S/C10H10N2OS/c1-8(13)14-7-3-5-9-4-2-6-12-10(9)11/h2,4,6H,7H2,1H3,(H2,11,12). The summed E-state index contributed by atoms with van der Waals surface area (Å²) in [5, 5.41) is 0.0680. The van der Waals surface area contributed by atoms with Gasteiger partial charge in [-0.3, -0.25) is 4.79 Å². The first-order valence-corrected chi connectivity index (χ1v) is 5.01. The number of nitrogens with two attached hydrogens (primary N) is 1. The number of hydrogen-bond acceptors (Lipinski definition) is 4. The molecule has 0 amide bonds. The lowest BCUT2D eigenvalue weighted by atomic mass is 10.2. The zero-order valence-electron chi connectivity index (χ0n) is 7.78. The molecule has 4 heteroatoms. The van der Waals surface area contributed by atoms with Crippen molar-refractivity contribution in [1.82, 2.24) is 4.98 Å². The van der Waals surface area contributed by atoms with E-state index >= 15 is 0 Å². The molecule has 0 aliphatic heterocycles. The number of carbonyl (C=O) groups is 1. The molecule has 0 aliphatic rings. The Morgan fingerprint density at radius 2 is 2.50 bits per heavy atom. The number of nitrogens with zero attached hydrogens (tertiary/aromatic N) is 1. The van der Waals surface area contributed by atoms with Gasteiger partial charge in [-0.2, -0.15) is 0 Å². The molecule has 0 spiro atoms. The van der Waals surface area contributed by atoms with Crippen LogP contribution in [-0.2, 0) is 4.79 Å². The number of pyridine rings is 1. The van der Waals surface area contributed by atoms with E-state index in [-0.39, 0.29) is 5.12 Å². The summed E-state index contributed by atoms with van der Waals surface area (Å²) in [4.78, 5) is 14.5. The Bertz CT molecular complexity index is 393. The predicted molar refractivity (Wildman–Crippen MR) is 58.7 cm³/mol. The van der Waals surface area contributed by atoms with Gasteiger partial charge in [0, 0.05) is 13.1 Å². The molecular formula is C10H10N2OS. The maximum absolute atomic E-state index is 10.6. The van der Waals surface area contributed by atoms with E-state index in [1.165, 1.54) is 18.7 Å². The third-order valence-corrected chi connectivity index (χ3v) is 2.10. The first-order chi connectivity index (χ1) is 6.70. The summed E-state index contributed by atoms with van der Waals surface area (Å²) in [5.74, 6) is 6.62. The van der Waals surface area contributed by atoms with Gasteiger partial charge in [0.1, 0.15) is 5.82 Å². The molecule has 14 heavy (non-hydrogen) atoms. The first-order valence-electron chi connectivity index (χ1n) is 4.03. The Kier molecular flexibility index (Phi) is 4.02. The average Bonchev–Trinajstić information content (AvgIpc) is 2.15. The lowest BCUT2D eigenvalue weighted by Crippen LogP contribution is -1.92. The predicted octanol–water partition coefficient (Wildman–Crippen LogP) is 1.29. The Labute approximate surface area is 87.1 Å². The fraction of sp³-hybridized carbons (Fsp3) is 0.200. The van der Waals surface area contributed by atoms with E-state index in [1.54, 1.807) is 18.3 Å². The highest BCUT2D eigenvalue weighted by Gasteiger charge is 1.93. The van der Waals surface area contributed by atoms with Gasteiger partial charge in [-0.15, -0.1) is 0 Å². The van der Waals surface area contributed by atoms with Crippen LogP contribution in [-0.4, -0.2) is 15.9 Å². The minimum absolute atomic E-state index is 0.0680. The summed E-state index contributed by atoms with van der Waals surface area (Å²) in [6.45, 7) is 1.52. The Balaban J connectivity index is 2.59. The highest BCUT2D eigenvalue weighted by atomic mass is 32.2. The largest absolute Gasteiger partial charge is 0.383 e. The second-order valence-electron chi connectivity index (χ2n) is 2.52. The van der Waals surface area contributed by atoms with Crippen LogP contribution in [0.15, 0.2) is 18.3 Å². The van der Waals surface area contributed by atoms with E-state index in [4.69, 9.17) is 5.73 Å². The van der Waals surface area contributed by atoms with Gasteiger partial charge in [0.05, 0.1) is 11.3 Å². The van der Waals surface area contributed by atoms with Gasteiger partial charge in [0.2, 0.25) is 0 Å². The molecule has 1 heterocycles. The average molecular weight is 206 g/mol. The lowest BCUT2D eigenvalue weighted by molar-refractivity contribution is -0.109. The molecule has 0 fully saturated rings. The van der Waals surface area contributed by atoms with Gasteiger partial charge >= 0.3 is 0 Å². The molecule has 72 valence electrons.